The predicted molar refractivity (Wildman–Crippen MR) is 142 cm³/mol. The molecule has 0 saturated heterocycles. The smallest absolute Gasteiger partial charge is 0.417 e. The molecule has 1 unspecified atom stereocenters. The van der Waals surface area contributed by atoms with E-state index in [1.807, 2.05) is 18.2 Å². The van der Waals surface area contributed by atoms with Gasteiger partial charge in [0.05, 0.1) is 41.6 Å². The highest BCUT2D eigenvalue weighted by Crippen LogP contribution is 2.35. The number of oxazole rings is 1. The zero-order chi connectivity index (χ0) is 27.6. The topological polar surface area (TPSA) is 136 Å². The van der Waals surface area contributed by atoms with Crippen molar-refractivity contribution in [2.75, 3.05) is 0 Å². The van der Waals surface area contributed by atoms with Crippen LogP contribution in [0.4, 0.5) is 9.59 Å². The van der Waals surface area contributed by atoms with E-state index in [0.29, 0.717) is 35.0 Å². The van der Waals surface area contributed by atoms with E-state index in [0.717, 1.165) is 25.0 Å². The van der Waals surface area contributed by atoms with Gasteiger partial charge in [0.25, 0.3) is 0 Å². The highest BCUT2D eigenvalue weighted by atomic mass is 16.6. The van der Waals surface area contributed by atoms with E-state index in [-0.39, 0.29) is 19.1 Å². The lowest BCUT2D eigenvalue weighted by atomic mass is 9.90. The predicted octanol–water partition coefficient (Wildman–Crippen LogP) is 5.05. The fraction of sp³-hybridized carbons (Fsp3) is 0.393. The highest BCUT2D eigenvalue weighted by Gasteiger charge is 2.30. The van der Waals surface area contributed by atoms with Crippen molar-refractivity contribution < 1.29 is 23.8 Å². The van der Waals surface area contributed by atoms with Gasteiger partial charge < -0.3 is 19.6 Å². The number of nitrogens with one attached hydrogen (secondary N) is 1. The monoisotopic (exact) mass is 532 g/mol. The van der Waals surface area contributed by atoms with Crippen molar-refractivity contribution in [2.24, 2.45) is 0 Å². The third-order valence-corrected chi connectivity index (χ3v) is 6.52. The first-order valence-electron chi connectivity index (χ1n) is 13.0. The molecule has 0 saturated carbocycles. The maximum absolute atomic E-state index is 12.2. The molecule has 39 heavy (non-hydrogen) atoms. The number of ether oxygens (including phenoxy) is 1. The van der Waals surface area contributed by atoms with Crippen LogP contribution in [0.5, 0.6) is 0 Å². The molecule has 0 radical (unpaired) electrons. The van der Waals surface area contributed by atoms with Crippen molar-refractivity contribution in [1.29, 1.82) is 0 Å². The Hall–Kier alpha value is -4.25. The fourth-order valence-electron chi connectivity index (χ4n) is 4.97. The summed E-state index contributed by atoms with van der Waals surface area (Å²) in [6, 6.07) is 11.2. The van der Waals surface area contributed by atoms with Gasteiger partial charge >= 0.3 is 12.2 Å². The van der Waals surface area contributed by atoms with Gasteiger partial charge in [-0.25, -0.2) is 24.1 Å². The number of alkyl carbamates (subject to hydrolysis) is 1. The number of carbonyl (C=O) groups is 2. The fourth-order valence-corrected chi connectivity index (χ4v) is 4.97. The molecule has 1 aliphatic rings. The number of benzene rings is 1. The van der Waals surface area contributed by atoms with Crippen molar-refractivity contribution >= 4 is 23.2 Å². The van der Waals surface area contributed by atoms with Crippen LogP contribution in [0.25, 0.3) is 11.0 Å². The Morgan fingerprint density at radius 2 is 2.00 bits per heavy atom. The third kappa shape index (κ3) is 6.09. The normalized spacial score (nSPS) is 15.3. The Kier molecular flexibility index (Phi) is 7.34. The summed E-state index contributed by atoms with van der Waals surface area (Å²) < 4.78 is 12.1. The number of para-hydroxylation sites is 2. The number of nitrogens with zero attached hydrogens (tertiary/aromatic N) is 5. The number of hydrogen-bond acceptors (Lipinski definition) is 8. The lowest BCUT2D eigenvalue weighted by Gasteiger charge is -2.34. The first-order valence-corrected chi connectivity index (χ1v) is 13.0. The summed E-state index contributed by atoms with van der Waals surface area (Å²) in [6.07, 6.45) is 4.51. The van der Waals surface area contributed by atoms with Gasteiger partial charge in [0, 0.05) is 12.7 Å². The van der Waals surface area contributed by atoms with E-state index in [9.17, 15) is 14.7 Å². The third-order valence-electron chi connectivity index (χ3n) is 6.52. The van der Waals surface area contributed by atoms with Crippen LogP contribution in [0, 0.1) is 0 Å². The zero-order valence-corrected chi connectivity index (χ0v) is 22.3. The lowest BCUT2D eigenvalue weighted by molar-refractivity contribution is 0.0518. The maximum Gasteiger partial charge on any atom is 0.417 e. The molecule has 0 aliphatic heterocycles. The zero-order valence-electron chi connectivity index (χ0n) is 22.3. The van der Waals surface area contributed by atoms with Gasteiger partial charge in [0.1, 0.15) is 17.7 Å². The number of pyridine rings is 1. The lowest BCUT2D eigenvalue weighted by Crippen LogP contribution is -2.33. The summed E-state index contributed by atoms with van der Waals surface area (Å²) >= 11 is 0. The minimum Gasteiger partial charge on any atom is -0.464 e. The van der Waals surface area contributed by atoms with Gasteiger partial charge in [-0.2, -0.15) is 0 Å². The molecule has 0 spiro atoms. The molecule has 1 aromatic carbocycles. The molecule has 204 valence electrons. The molecule has 1 atom stereocenters. The second-order valence-electron chi connectivity index (χ2n) is 10.6. The number of rotatable bonds is 7. The minimum atomic E-state index is -1.09. The first kappa shape index (κ1) is 26.4. The molecule has 0 bridgehead atoms. The van der Waals surface area contributed by atoms with Gasteiger partial charge in [0.15, 0.2) is 0 Å². The maximum atomic E-state index is 12.2. The van der Waals surface area contributed by atoms with E-state index >= 15 is 0 Å². The van der Waals surface area contributed by atoms with Crippen LogP contribution in [0.3, 0.4) is 0 Å². The second-order valence-corrected chi connectivity index (χ2v) is 10.6. The molecule has 5 rings (SSSR count). The Morgan fingerprint density at radius 1 is 1.18 bits per heavy atom. The summed E-state index contributed by atoms with van der Waals surface area (Å²) in [5.41, 5.74) is 3.37. The molecule has 2 N–H and O–H groups in total. The van der Waals surface area contributed by atoms with Gasteiger partial charge in [-0.3, -0.25) is 9.88 Å². The first-order chi connectivity index (χ1) is 18.7. The summed E-state index contributed by atoms with van der Waals surface area (Å²) in [5, 5.41) is 12.7. The van der Waals surface area contributed by atoms with Crippen LogP contribution in [-0.2, 0) is 30.8 Å². The Morgan fingerprint density at radius 3 is 2.79 bits per heavy atom. The summed E-state index contributed by atoms with van der Waals surface area (Å²) in [4.78, 5) is 40.4. The average molecular weight is 533 g/mol. The van der Waals surface area contributed by atoms with Gasteiger partial charge in [0.2, 0.25) is 5.89 Å². The molecule has 3 aromatic heterocycles. The average Bonchev–Trinajstić information content (AvgIpc) is 3.49. The minimum absolute atomic E-state index is 0.0583. The number of aromatic nitrogens is 4. The van der Waals surface area contributed by atoms with Gasteiger partial charge in [-0.05, 0) is 63.8 Å². The molecule has 11 nitrogen and oxygen atoms in total. The quantitative estimate of drug-likeness (QED) is 0.335. The van der Waals surface area contributed by atoms with E-state index in [2.05, 4.69) is 26.3 Å². The molecule has 1 amide bonds. The standard InChI is InChI=1S/C28H32N6O5/c1-28(2,3)39-26(35)30-14-24-31-19(17-38-24)15-33(22-12-6-8-18-9-7-13-29-25(18)22)16-23-32-20-10-4-5-11-21(20)34(23)27(36)37/h4-5,7,9-11,13,17,22H,6,8,12,14-16H2,1-3H3,(H,30,35)(H,36,37). The number of imidazole rings is 1. The molecular formula is C28H32N6O5. The van der Waals surface area contributed by atoms with E-state index in [1.165, 1.54) is 10.1 Å². The number of hydrogen-bond donors (Lipinski definition) is 2. The molecule has 1 aliphatic carbocycles. The SMILES string of the molecule is CC(C)(C)OC(=O)NCc1nc(CN(Cc2nc3ccccc3n2C(=O)O)C2CCCc3cccnc32)co1. The highest BCUT2D eigenvalue weighted by molar-refractivity contribution is 5.86. The Balaban J connectivity index is 1.42. The number of carboxylic acid groups (broad SMARTS) is 1. The second kappa shape index (κ2) is 10.9. The van der Waals surface area contributed by atoms with Crippen molar-refractivity contribution in [2.45, 2.75) is 71.3 Å². The molecule has 4 aromatic rings. The molecular weight excluding hydrogens is 500 g/mol. The summed E-state index contributed by atoms with van der Waals surface area (Å²) in [7, 11) is 0. The van der Waals surface area contributed by atoms with Crippen molar-refractivity contribution in [3.05, 3.63) is 77.5 Å². The van der Waals surface area contributed by atoms with Crippen LogP contribution in [0.2, 0.25) is 0 Å². The Bertz CT molecular complexity index is 1490. The van der Waals surface area contributed by atoms with Crippen LogP contribution in [-0.4, -0.2) is 47.3 Å². The molecule has 3 heterocycles. The van der Waals surface area contributed by atoms with Crippen LogP contribution in [0.15, 0.2) is 53.3 Å². The molecule has 0 fully saturated rings. The van der Waals surface area contributed by atoms with Crippen molar-refractivity contribution in [3.8, 4) is 0 Å². The van der Waals surface area contributed by atoms with Crippen LogP contribution in [0.1, 0.15) is 68.3 Å². The van der Waals surface area contributed by atoms with Gasteiger partial charge in [-0.1, -0.05) is 18.2 Å². The summed E-state index contributed by atoms with van der Waals surface area (Å²) in [5.74, 6) is 0.762. The van der Waals surface area contributed by atoms with Crippen molar-refractivity contribution in [1.82, 2.24) is 29.7 Å². The van der Waals surface area contributed by atoms with E-state index in [1.54, 1.807) is 45.4 Å². The largest absolute Gasteiger partial charge is 0.464 e. The Labute approximate surface area is 225 Å². The van der Waals surface area contributed by atoms with E-state index < -0.39 is 17.8 Å². The number of carbonyl (C=O) groups excluding carboxylic acids is 1. The van der Waals surface area contributed by atoms with Crippen molar-refractivity contribution in [3.63, 3.8) is 0 Å². The number of fused-ring (bicyclic) bond motifs is 2. The molecule has 11 heteroatoms. The van der Waals surface area contributed by atoms with Gasteiger partial charge in [-0.15, -0.1) is 0 Å². The van der Waals surface area contributed by atoms with E-state index in [4.69, 9.17) is 14.1 Å². The number of aryl methyl sites for hydroxylation is 1. The van der Waals surface area contributed by atoms with Crippen LogP contribution >= 0.6 is 0 Å². The summed E-state index contributed by atoms with van der Waals surface area (Å²) in [6.45, 7) is 6.10. The number of amides is 1. The van der Waals surface area contributed by atoms with Crippen LogP contribution < -0.4 is 5.32 Å².